The number of amides is 1. The number of aromatic nitrogens is 1. The summed E-state index contributed by atoms with van der Waals surface area (Å²) in [5.74, 6) is -0.00147. The van der Waals surface area contributed by atoms with Crippen molar-refractivity contribution in [1.29, 1.82) is 0 Å². The molecular weight excluding hydrogens is 348 g/mol. The summed E-state index contributed by atoms with van der Waals surface area (Å²) in [6.45, 7) is 3.95. The molecular formula is C20H22N2O5. The third-order valence-electron chi connectivity index (χ3n) is 4.68. The number of aryl methyl sites for hydroxylation is 2. The average Bonchev–Trinajstić information content (AvgIpc) is 3.23. The first-order chi connectivity index (χ1) is 13.0. The van der Waals surface area contributed by atoms with Gasteiger partial charge in [-0.2, -0.15) is 0 Å². The fourth-order valence-corrected chi connectivity index (χ4v) is 3.16. The zero-order valence-corrected chi connectivity index (χ0v) is 15.5. The van der Waals surface area contributed by atoms with Gasteiger partial charge in [0.2, 0.25) is 5.91 Å². The Morgan fingerprint density at radius 1 is 1.30 bits per heavy atom. The molecule has 7 heteroatoms. The molecule has 1 aromatic carbocycles. The summed E-state index contributed by atoms with van der Waals surface area (Å²) in [7, 11) is 0. The predicted octanol–water partition coefficient (Wildman–Crippen LogP) is 2.78. The van der Waals surface area contributed by atoms with Gasteiger partial charge in [0.25, 0.3) is 0 Å². The Bertz CT molecular complexity index is 852. The van der Waals surface area contributed by atoms with E-state index in [1.54, 1.807) is 36.1 Å². The van der Waals surface area contributed by atoms with Crippen LogP contribution in [0.4, 0.5) is 5.69 Å². The standard InChI is InChI=1S/C20H22N2O5/c1-13-17(14(2)27-21-13)8-9-20(25)26-12-18(23)15-5-3-6-16(11-15)22-10-4-7-19(22)24/h3,5-6,11H,4,7-10,12H2,1-2H3. The molecule has 0 saturated carbocycles. The van der Waals surface area contributed by atoms with Gasteiger partial charge in [-0.15, -0.1) is 0 Å². The van der Waals surface area contributed by atoms with Crippen molar-refractivity contribution < 1.29 is 23.6 Å². The Balaban J connectivity index is 1.53. The van der Waals surface area contributed by atoms with Gasteiger partial charge >= 0.3 is 5.97 Å². The maximum Gasteiger partial charge on any atom is 0.306 e. The van der Waals surface area contributed by atoms with Crippen LogP contribution in [-0.4, -0.2) is 36.0 Å². The summed E-state index contributed by atoms with van der Waals surface area (Å²) in [6.07, 6.45) is 1.96. The Morgan fingerprint density at radius 2 is 2.11 bits per heavy atom. The lowest BCUT2D eigenvalue weighted by Gasteiger charge is -2.16. The monoisotopic (exact) mass is 370 g/mol. The number of ether oxygens (including phenoxy) is 1. The van der Waals surface area contributed by atoms with Crippen LogP contribution in [0.5, 0.6) is 0 Å². The van der Waals surface area contributed by atoms with Crippen molar-refractivity contribution in [1.82, 2.24) is 5.16 Å². The molecule has 1 aliphatic rings. The summed E-state index contributed by atoms with van der Waals surface area (Å²) in [5.41, 5.74) is 2.77. The maximum atomic E-state index is 12.3. The van der Waals surface area contributed by atoms with E-state index in [0.29, 0.717) is 36.4 Å². The molecule has 1 aromatic heterocycles. The molecule has 0 unspecified atom stereocenters. The quantitative estimate of drug-likeness (QED) is 0.550. The van der Waals surface area contributed by atoms with Gasteiger partial charge in [-0.25, -0.2) is 0 Å². The largest absolute Gasteiger partial charge is 0.457 e. The van der Waals surface area contributed by atoms with E-state index in [-0.39, 0.29) is 24.7 Å². The lowest BCUT2D eigenvalue weighted by Crippen LogP contribution is -2.24. The Hall–Kier alpha value is -2.96. The first-order valence-corrected chi connectivity index (χ1v) is 8.96. The first-order valence-electron chi connectivity index (χ1n) is 8.96. The molecule has 0 spiro atoms. The van der Waals surface area contributed by atoms with Gasteiger partial charge < -0.3 is 14.2 Å². The zero-order chi connectivity index (χ0) is 19.4. The van der Waals surface area contributed by atoms with E-state index in [2.05, 4.69) is 5.16 Å². The summed E-state index contributed by atoms with van der Waals surface area (Å²) in [5, 5.41) is 3.85. The molecule has 0 radical (unpaired) electrons. The first kappa shape index (κ1) is 18.8. The Kier molecular flexibility index (Phi) is 5.69. The van der Waals surface area contributed by atoms with Crippen LogP contribution in [0.3, 0.4) is 0 Å². The van der Waals surface area contributed by atoms with E-state index in [4.69, 9.17) is 9.26 Å². The highest BCUT2D eigenvalue weighted by Crippen LogP contribution is 2.22. The van der Waals surface area contributed by atoms with Crippen LogP contribution in [0.25, 0.3) is 0 Å². The molecule has 7 nitrogen and oxygen atoms in total. The molecule has 0 bridgehead atoms. The van der Waals surface area contributed by atoms with Crippen molar-refractivity contribution in [2.75, 3.05) is 18.1 Å². The summed E-state index contributed by atoms with van der Waals surface area (Å²) >= 11 is 0. The highest BCUT2D eigenvalue weighted by molar-refractivity contribution is 6.01. The van der Waals surface area contributed by atoms with Crippen molar-refractivity contribution in [3.8, 4) is 0 Å². The number of anilines is 1. The average molecular weight is 370 g/mol. The van der Waals surface area contributed by atoms with Crippen molar-refractivity contribution in [3.63, 3.8) is 0 Å². The third-order valence-corrected chi connectivity index (χ3v) is 4.68. The number of benzene rings is 1. The molecule has 1 saturated heterocycles. The van der Waals surface area contributed by atoms with Crippen LogP contribution >= 0.6 is 0 Å². The highest BCUT2D eigenvalue weighted by atomic mass is 16.5. The molecule has 1 fully saturated rings. The smallest absolute Gasteiger partial charge is 0.306 e. The lowest BCUT2D eigenvalue weighted by molar-refractivity contribution is -0.142. The second kappa shape index (κ2) is 8.16. The van der Waals surface area contributed by atoms with Gasteiger partial charge in [-0.05, 0) is 38.8 Å². The van der Waals surface area contributed by atoms with Gasteiger partial charge in [0, 0.05) is 36.2 Å². The fraction of sp³-hybridized carbons (Fsp3) is 0.400. The normalized spacial score (nSPS) is 13.9. The van der Waals surface area contributed by atoms with Crippen LogP contribution < -0.4 is 4.90 Å². The molecule has 2 heterocycles. The maximum absolute atomic E-state index is 12.3. The number of hydrogen-bond donors (Lipinski definition) is 0. The van der Waals surface area contributed by atoms with Crippen molar-refractivity contribution in [2.24, 2.45) is 0 Å². The van der Waals surface area contributed by atoms with E-state index in [0.717, 1.165) is 17.7 Å². The minimum absolute atomic E-state index is 0.0605. The van der Waals surface area contributed by atoms with Crippen LogP contribution in [-0.2, 0) is 20.7 Å². The number of ketones is 1. The SMILES string of the molecule is Cc1noc(C)c1CCC(=O)OCC(=O)c1cccc(N2CCCC2=O)c1. The number of hydrogen-bond acceptors (Lipinski definition) is 6. The molecule has 0 N–H and O–H groups in total. The summed E-state index contributed by atoms with van der Waals surface area (Å²) in [4.78, 5) is 37.8. The van der Waals surface area contributed by atoms with E-state index in [9.17, 15) is 14.4 Å². The van der Waals surface area contributed by atoms with Gasteiger partial charge in [-0.1, -0.05) is 17.3 Å². The third kappa shape index (κ3) is 4.42. The molecule has 1 aliphatic heterocycles. The van der Waals surface area contributed by atoms with Gasteiger partial charge in [0.1, 0.15) is 5.76 Å². The van der Waals surface area contributed by atoms with Crippen molar-refractivity contribution in [2.45, 2.75) is 39.5 Å². The van der Waals surface area contributed by atoms with Crippen LogP contribution in [0.2, 0.25) is 0 Å². The predicted molar refractivity (Wildman–Crippen MR) is 97.6 cm³/mol. The van der Waals surface area contributed by atoms with Crippen molar-refractivity contribution in [3.05, 3.63) is 46.8 Å². The number of carbonyl (C=O) groups excluding carboxylic acids is 3. The van der Waals surface area contributed by atoms with E-state index in [1.165, 1.54) is 0 Å². The topological polar surface area (TPSA) is 89.7 Å². The molecule has 0 aliphatic carbocycles. The van der Waals surface area contributed by atoms with Crippen LogP contribution in [0.15, 0.2) is 28.8 Å². The number of rotatable bonds is 7. The highest BCUT2D eigenvalue weighted by Gasteiger charge is 2.22. The minimum atomic E-state index is -0.450. The number of Topliss-reactive ketones (excluding diaryl/α,β-unsaturated/α-hetero) is 1. The second-order valence-corrected chi connectivity index (χ2v) is 6.59. The van der Waals surface area contributed by atoms with Gasteiger partial charge in [0.05, 0.1) is 5.69 Å². The second-order valence-electron chi connectivity index (χ2n) is 6.59. The van der Waals surface area contributed by atoms with E-state index >= 15 is 0 Å². The summed E-state index contributed by atoms with van der Waals surface area (Å²) < 4.78 is 10.2. The van der Waals surface area contributed by atoms with E-state index in [1.807, 2.05) is 6.92 Å². The van der Waals surface area contributed by atoms with Gasteiger partial charge in [-0.3, -0.25) is 14.4 Å². The summed E-state index contributed by atoms with van der Waals surface area (Å²) in [6, 6.07) is 6.86. The molecule has 1 amide bonds. The van der Waals surface area contributed by atoms with Gasteiger partial charge in [0.15, 0.2) is 12.4 Å². The Morgan fingerprint density at radius 3 is 2.78 bits per heavy atom. The van der Waals surface area contributed by atoms with Crippen LogP contribution in [0.1, 0.15) is 46.6 Å². The molecule has 2 aromatic rings. The number of nitrogens with zero attached hydrogens (tertiary/aromatic N) is 2. The Labute approximate surface area is 157 Å². The number of esters is 1. The molecule has 3 rings (SSSR count). The van der Waals surface area contributed by atoms with Crippen LogP contribution in [0, 0.1) is 13.8 Å². The minimum Gasteiger partial charge on any atom is -0.457 e. The molecule has 27 heavy (non-hydrogen) atoms. The van der Waals surface area contributed by atoms with Crippen molar-refractivity contribution >= 4 is 23.3 Å². The number of carbonyl (C=O) groups is 3. The zero-order valence-electron chi connectivity index (χ0n) is 15.5. The molecule has 0 atom stereocenters. The lowest BCUT2D eigenvalue weighted by atomic mass is 10.1. The molecule has 142 valence electrons. The van der Waals surface area contributed by atoms with E-state index < -0.39 is 5.97 Å². The fourth-order valence-electron chi connectivity index (χ4n) is 3.16.